The van der Waals surface area contributed by atoms with Crippen molar-refractivity contribution < 1.29 is 23.5 Å². The van der Waals surface area contributed by atoms with E-state index >= 15 is 0 Å². The van der Waals surface area contributed by atoms with Gasteiger partial charge < -0.3 is 10.1 Å². The summed E-state index contributed by atoms with van der Waals surface area (Å²) in [5, 5.41) is 1.81. The third kappa shape index (κ3) is 4.28. The molecular formula is C19H17FN2O4S. The molecule has 1 heterocycles. The molecule has 1 aliphatic heterocycles. The first-order chi connectivity index (χ1) is 13.0. The number of carbonyl (C=O) groups excluding carboxylic acids is 3. The predicted molar refractivity (Wildman–Crippen MR) is 101 cm³/mol. The Morgan fingerprint density at radius 2 is 1.93 bits per heavy atom. The van der Waals surface area contributed by atoms with Crippen molar-refractivity contribution in [1.82, 2.24) is 0 Å². The molecule has 1 atom stereocenters. The second-order valence-electron chi connectivity index (χ2n) is 5.80. The Kier molecular flexibility index (Phi) is 5.75. The Labute approximate surface area is 159 Å². The number of benzene rings is 2. The average molecular weight is 388 g/mol. The van der Waals surface area contributed by atoms with E-state index in [0.29, 0.717) is 11.4 Å². The van der Waals surface area contributed by atoms with Crippen molar-refractivity contribution in [2.75, 3.05) is 23.1 Å². The van der Waals surface area contributed by atoms with Gasteiger partial charge in [-0.1, -0.05) is 12.1 Å². The van der Waals surface area contributed by atoms with Gasteiger partial charge in [0.05, 0.1) is 29.5 Å². The van der Waals surface area contributed by atoms with Gasteiger partial charge in [0.25, 0.3) is 0 Å². The van der Waals surface area contributed by atoms with Crippen LogP contribution >= 0.6 is 11.8 Å². The van der Waals surface area contributed by atoms with E-state index in [1.54, 1.807) is 30.3 Å². The van der Waals surface area contributed by atoms with Crippen molar-refractivity contribution in [2.45, 2.75) is 11.7 Å². The summed E-state index contributed by atoms with van der Waals surface area (Å²) in [4.78, 5) is 37.9. The van der Waals surface area contributed by atoms with Gasteiger partial charge in [-0.2, -0.15) is 0 Å². The average Bonchev–Trinajstić information content (AvgIpc) is 2.95. The zero-order valence-electron chi connectivity index (χ0n) is 14.5. The van der Waals surface area contributed by atoms with Gasteiger partial charge in [0, 0.05) is 6.42 Å². The van der Waals surface area contributed by atoms with Crippen LogP contribution in [0.25, 0.3) is 0 Å². The number of halogens is 1. The van der Waals surface area contributed by atoms with Crippen molar-refractivity contribution in [1.29, 1.82) is 0 Å². The maximum absolute atomic E-state index is 13.6. The highest BCUT2D eigenvalue weighted by atomic mass is 32.2. The fraction of sp³-hybridized carbons (Fsp3) is 0.211. The zero-order valence-corrected chi connectivity index (χ0v) is 15.3. The molecule has 1 fully saturated rings. The molecule has 0 unspecified atom stereocenters. The van der Waals surface area contributed by atoms with Crippen LogP contribution in [-0.2, 0) is 14.4 Å². The highest BCUT2D eigenvalue weighted by Gasteiger charge is 2.40. The number of ether oxygens (including phenoxy) is 1. The number of methoxy groups -OCH3 is 1. The number of hydrogen-bond acceptors (Lipinski definition) is 5. The maximum Gasteiger partial charge on any atom is 0.247 e. The van der Waals surface area contributed by atoms with Gasteiger partial charge in [-0.25, -0.2) is 9.29 Å². The molecule has 1 saturated heterocycles. The summed E-state index contributed by atoms with van der Waals surface area (Å²) >= 11 is 1.06. The second-order valence-corrected chi connectivity index (χ2v) is 6.99. The Balaban J connectivity index is 1.59. The first-order valence-corrected chi connectivity index (χ1v) is 9.21. The Hall–Kier alpha value is -2.87. The zero-order chi connectivity index (χ0) is 19.4. The first kappa shape index (κ1) is 18.9. The number of thioether (sulfide) groups is 1. The summed E-state index contributed by atoms with van der Waals surface area (Å²) in [7, 11) is 1.53. The van der Waals surface area contributed by atoms with E-state index in [1.807, 2.05) is 0 Å². The van der Waals surface area contributed by atoms with Gasteiger partial charge in [-0.15, -0.1) is 11.8 Å². The Morgan fingerprint density at radius 3 is 2.59 bits per heavy atom. The number of hydrogen-bond donors (Lipinski definition) is 1. The number of anilines is 2. The molecule has 2 aromatic rings. The standard InChI is InChI=1S/C19H17FN2O4S/c1-26-13-8-6-12(7-9-13)22-18(24)10-16(19(22)25)27-11-17(23)21-15-5-3-2-4-14(15)20/h2-9,16H,10-11H2,1H3,(H,21,23)/t16-/m0/s1. The number of imide groups is 1. The minimum Gasteiger partial charge on any atom is -0.497 e. The van der Waals surface area contributed by atoms with Crippen LogP contribution in [-0.4, -0.2) is 35.8 Å². The van der Waals surface area contributed by atoms with Crippen molar-refractivity contribution >= 4 is 40.9 Å². The van der Waals surface area contributed by atoms with Gasteiger partial charge in [0.15, 0.2) is 0 Å². The highest BCUT2D eigenvalue weighted by molar-refractivity contribution is 8.01. The van der Waals surface area contributed by atoms with Gasteiger partial charge in [0.2, 0.25) is 17.7 Å². The van der Waals surface area contributed by atoms with E-state index in [4.69, 9.17) is 4.74 Å². The van der Waals surface area contributed by atoms with E-state index in [-0.39, 0.29) is 29.7 Å². The lowest BCUT2D eigenvalue weighted by Gasteiger charge is -2.15. The monoisotopic (exact) mass is 388 g/mol. The summed E-state index contributed by atoms with van der Waals surface area (Å²) in [5.74, 6) is -1.10. The van der Waals surface area contributed by atoms with Crippen LogP contribution in [0.3, 0.4) is 0 Å². The van der Waals surface area contributed by atoms with E-state index < -0.39 is 17.0 Å². The van der Waals surface area contributed by atoms with Crippen molar-refractivity contribution in [3.05, 3.63) is 54.3 Å². The van der Waals surface area contributed by atoms with Crippen LogP contribution in [0, 0.1) is 5.82 Å². The van der Waals surface area contributed by atoms with Gasteiger partial charge in [-0.3, -0.25) is 14.4 Å². The fourth-order valence-corrected chi connectivity index (χ4v) is 3.60. The van der Waals surface area contributed by atoms with E-state index in [1.165, 1.54) is 25.3 Å². The third-order valence-electron chi connectivity index (χ3n) is 4.00. The molecule has 1 aliphatic rings. The number of nitrogens with one attached hydrogen (secondary N) is 1. The Bertz CT molecular complexity index is 872. The molecule has 0 spiro atoms. The smallest absolute Gasteiger partial charge is 0.247 e. The van der Waals surface area contributed by atoms with Crippen molar-refractivity contribution in [3.63, 3.8) is 0 Å². The molecule has 3 rings (SSSR count). The maximum atomic E-state index is 13.6. The summed E-state index contributed by atoms with van der Waals surface area (Å²) < 4.78 is 18.6. The van der Waals surface area contributed by atoms with E-state index in [0.717, 1.165) is 16.7 Å². The molecule has 0 aliphatic carbocycles. The lowest BCUT2D eigenvalue weighted by molar-refractivity contribution is -0.121. The van der Waals surface area contributed by atoms with Crippen LogP contribution in [0.15, 0.2) is 48.5 Å². The second kappa shape index (κ2) is 8.22. The van der Waals surface area contributed by atoms with Gasteiger partial charge >= 0.3 is 0 Å². The molecule has 140 valence electrons. The Morgan fingerprint density at radius 1 is 1.22 bits per heavy atom. The molecule has 8 heteroatoms. The number of nitrogens with zero attached hydrogens (tertiary/aromatic N) is 1. The first-order valence-electron chi connectivity index (χ1n) is 8.16. The topological polar surface area (TPSA) is 75.7 Å². The summed E-state index contributed by atoms with van der Waals surface area (Å²) in [6.45, 7) is 0. The van der Waals surface area contributed by atoms with Crippen molar-refractivity contribution in [3.8, 4) is 5.75 Å². The van der Waals surface area contributed by atoms with Crippen LogP contribution in [0.4, 0.5) is 15.8 Å². The predicted octanol–water partition coefficient (Wildman–Crippen LogP) is 2.84. The molecular weight excluding hydrogens is 371 g/mol. The normalized spacial score (nSPS) is 16.5. The molecule has 2 aromatic carbocycles. The van der Waals surface area contributed by atoms with E-state index in [2.05, 4.69) is 5.32 Å². The van der Waals surface area contributed by atoms with Gasteiger partial charge in [0.1, 0.15) is 11.6 Å². The van der Waals surface area contributed by atoms with Crippen LogP contribution in [0.1, 0.15) is 6.42 Å². The largest absolute Gasteiger partial charge is 0.497 e. The number of amides is 3. The molecule has 1 N–H and O–H groups in total. The quantitative estimate of drug-likeness (QED) is 0.770. The number of carbonyl (C=O) groups is 3. The molecule has 27 heavy (non-hydrogen) atoms. The molecule has 0 aromatic heterocycles. The third-order valence-corrected chi connectivity index (χ3v) is 5.20. The minimum absolute atomic E-state index is 0.0164. The SMILES string of the molecule is COc1ccc(N2C(=O)C[C@H](SCC(=O)Nc3ccccc3F)C2=O)cc1. The lowest BCUT2D eigenvalue weighted by atomic mass is 10.3. The summed E-state index contributed by atoms with van der Waals surface area (Å²) in [6, 6.07) is 12.4. The number of rotatable bonds is 6. The van der Waals surface area contributed by atoms with Crippen LogP contribution < -0.4 is 15.0 Å². The van der Waals surface area contributed by atoms with E-state index in [9.17, 15) is 18.8 Å². The molecule has 6 nitrogen and oxygen atoms in total. The highest BCUT2D eigenvalue weighted by Crippen LogP contribution is 2.30. The summed E-state index contributed by atoms with van der Waals surface area (Å²) in [6.07, 6.45) is 0.0164. The molecule has 0 radical (unpaired) electrons. The fourth-order valence-electron chi connectivity index (χ4n) is 2.66. The van der Waals surface area contributed by atoms with Crippen LogP contribution in [0.5, 0.6) is 5.75 Å². The number of para-hydroxylation sites is 1. The lowest BCUT2D eigenvalue weighted by Crippen LogP contribution is -2.31. The molecule has 0 bridgehead atoms. The van der Waals surface area contributed by atoms with Crippen LogP contribution in [0.2, 0.25) is 0 Å². The van der Waals surface area contributed by atoms with Crippen molar-refractivity contribution in [2.24, 2.45) is 0 Å². The summed E-state index contributed by atoms with van der Waals surface area (Å²) in [5.41, 5.74) is 0.543. The van der Waals surface area contributed by atoms with Gasteiger partial charge in [-0.05, 0) is 36.4 Å². The molecule has 0 saturated carbocycles. The minimum atomic E-state index is -0.647. The molecule has 3 amide bonds.